The number of benzene rings is 2. The van der Waals surface area contributed by atoms with Crippen LogP contribution in [0.1, 0.15) is 55.9 Å². The van der Waals surface area contributed by atoms with E-state index in [9.17, 15) is 18.0 Å². The molecular formula is C28H34F3NO5. The summed E-state index contributed by atoms with van der Waals surface area (Å²) in [6, 6.07) is 12.7. The molecule has 202 valence electrons. The Bertz CT molecular complexity index is 1090. The molecule has 4 rings (SSSR count). The molecule has 1 aliphatic heterocycles. The second-order valence-corrected chi connectivity index (χ2v) is 10.2. The van der Waals surface area contributed by atoms with Crippen LogP contribution in [-0.4, -0.2) is 42.2 Å². The molecule has 2 aromatic rings. The highest BCUT2D eigenvalue weighted by molar-refractivity contribution is 5.85. The van der Waals surface area contributed by atoms with Gasteiger partial charge in [-0.15, -0.1) is 0 Å². The Morgan fingerprint density at radius 1 is 1.05 bits per heavy atom. The largest absolute Gasteiger partial charge is 0.416 e. The van der Waals surface area contributed by atoms with Gasteiger partial charge in [-0.25, -0.2) is 0 Å². The van der Waals surface area contributed by atoms with E-state index < -0.39 is 41.4 Å². The molecule has 0 aromatic heterocycles. The number of aryl methyl sites for hydroxylation is 1. The van der Waals surface area contributed by atoms with E-state index in [-0.39, 0.29) is 25.5 Å². The number of hydrogen-bond donors (Lipinski definition) is 1. The number of alkyl halides is 3. The van der Waals surface area contributed by atoms with Crippen molar-refractivity contribution in [1.29, 1.82) is 0 Å². The lowest BCUT2D eigenvalue weighted by Gasteiger charge is -2.43. The Balaban J connectivity index is 1.57. The fraction of sp³-hybridized carbons (Fsp3) is 0.536. The number of carbonyl (C=O) groups is 1. The fourth-order valence-corrected chi connectivity index (χ4v) is 5.05. The molecule has 1 aliphatic carbocycles. The molecule has 9 heteroatoms. The van der Waals surface area contributed by atoms with Crippen molar-refractivity contribution in [3.63, 3.8) is 0 Å². The van der Waals surface area contributed by atoms with Crippen molar-refractivity contribution in [2.75, 3.05) is 6.54 Å². The summed E-state index contributed by atoms with van der Waals surface area (Å²) in [5, 5.41) is 2.90. The second kappa shape index (κ2) is 10.7. The molecule has 2 fully saturated rings. The predicted molar refractivity (Wildman–Crippen MR) is 130 cm³/mol. The van der Waals surface area contributed by atoms with Gasteiger partial charge in [0.15, 0.2) is 11.4 Å². The minimum Gasteiger partial charge on any atom is -0.371 e. The van der Waals surface area contributed by atoms with Crippen molar-refractivity contribution in [1.82, 2.24) is 5.32 Å². The smallest absolute Gasteiger partial charge is 0.371 e. The first-order chi connectivity index (χ1) is 17.4. The monoisotopic (exact) mass is 521 g/mol. The Morgan fingerprint density at radius 3 is 2.43 bits per heavy atom. The van der Waals surface area contributed by atoms with Crippen LogP contribution >= 0.6 is 0 Å². The summed E-state index contributed by atoms with van der Waals surface area (Å²) in [5.41, 5.74) is 0.664. The first kappa shape index (κ1) is 27.6. The van der Waals surface area contributed by atoms with Crippen LogP contribution in [0.5, 0.6) is 0 Å². The van der Waals surface area contributed by atoms with Crippen LogP contribution in [0.4, 0.5) is 13.2 Å². The lowest BCUT2D eigenvalue weighted by Crippen LogP contribution is -2.60. The standard InChI is InChI=1S/C28H34F3NO5/c1-5-32-25(33)27(35-17-20-8-6-7-18(2)13-20)14-22(24-23(15-27)36-26(3,4)37-24)34-16-19-9-11-21(12-10-19)28(29,30)31/h6-13,22-24H,5,14-17H2,1-4H3,(H,32,33)/t22?,23-,24+,27-/m1/s1. The van der Waals surface area contributed by atoms with E-state index >= 15 is 0 Å². The highest BCUT2D eigenvalue weighted by Gasteiger charge is 2.58. The Morgan fingerprint density at radius 2 is 1.78 bits per heavy atom. The number of fused-ring (bicyclic) bond motifs is 1. The summed E-state index contributed by atoms with van der Waals surface area (Å²) in [4.78, 5) is 13.4. The average molecular weight is 522 g/mol. The van der Waals surface area contributed by atoms with Crippen LogP contribution in [0.25, 0.3) is 0 Å². The molecule has 1 unspecified atom stereocenters. The third-order valence-electron chi connectivity index (χ3n) is 6.74. The van der Waals surface area contributed by atoms with Gasteiger partial charge in [-0.3, -0.25) is 4.79 Å². The second-order valence-electron chi connectivity index (χ2n) is 10.2. The van der Waals surface area contributed by atoms with Crippen molar-refractivity contribution in [3.05, 3.63) is 70.8 Å². The van der Waals surface area contributed by atoms with E-state index in [1.165, 1.54) is 12.1 Å². The molecule has 1 saturated heterocycles. The van der Waals surface area contributed by atoms with Gasteiger partial charge in [0.25, 0.3) is 5.91 Å². The minimum absolute atomic E-state index is 0.0547. The van der Waals surface area contributed by atoms with Gasteiger partial charge in [0.05, 0.1) is 31.0 Å². The number of likely N-dealkylation sites (N-methyl/N-ethyl adjacent to an activating group) is 1. The van der Waals surface area contributed by atoms with Gasteiger partial charge in [0.2, 0.25) is 0 Å². The third-order valence-corrected chi connectivity index (χ3v) is 6.74. The minimum atomic E-state index is -4.41. The summed E-state index contributed by atoms with van der Waals surface area (Å²) in [7, 11) is 0. The van der Waals surface area contributed by atoms with Crippen LogP contribution in [-0.2, 0) is 43.1 Å². The number of hydrogen-bond acceptors (Lipinski definition) is 5. The Labute approximate surface area is 215 Å². The summed E-state index contributed by atoms with van der Waals surface area (Å²) < 4.78 is 63.7. The van der Waals surface area contributed by atoms with Crippen molar-refractivity contribution in [3.8, 4) is 0 Å². The third kappa shape index (κ3) is 6.52. The van der Waals surface area contributed by atoms with E-state index in [0.29, 0.717) is 18.5 Å². The van der Waals surface area contributed by atoms with Crippen molar-refractivity contribution < 1.29 is 36.9 Å². The summed E-state index contributed by atoms with van der Waals surface area (Å²) >= 11 is 0. The predicted octanol–water partition coefficient (Wildman–Crippen LogP) is 5.30. The summed E-state index contributed by atoms with van der Waals surface area (Å²) in [6.07, 6.45) is -5.39. The van der Waals surface area contributed by atoms with Gasteiger partial charge in [0.1, 0.15) is 6.10 Å². The maximum atomic E-state index is 13.4. The molecule has 1 amide bonds. The van der Waals surface area contributed by atoms with Gasteiger partial charge in [-0.05, 0) is 51.0 Å². The molecule has 6 nitrogen and oxygen atoms in total. The van der Waals surface area contributed by atoms with Crippen molar-refractivity contribution in [2.24, 2.45) is 0 Å². The van der Waals surface area contributed by atoms with Crippen molar-refractivity contribution >= 4 is 5.91 Å². The zero-order valence-corrected chi connectivity index (χ0v) is 21.6. The van der Waals surface area contributed by atoms with Crippen LogP contribution in [0, 0.1) is 6.92 Å². The fourth-order valence-electron chi connectivity index (χ4n) is 5.05. The zero-order valence-electron chi connectivity index (χ0n) is 21.6. The summed E-state index contributed by atoms with van der Waals surface area (Å²) in [5.74, 6) is -1.13. The van der Waals surface area contributed by atoms with Gasteiger partial charge in [-0.2, -0.15) is 13.2 Å². The molecule has 1 N–H and O–H groups in total. The van der Waals surface area contributed by atoms with Gasteiger partial charge in [0, 0.05) is 19.4 Å². The van der Waals surface area contributed by atoms with E-state index in [4.69, 9.17) is 18.9 Å². The molecule has 1 saturated carbocycles. The van der Waals surface area contributed by atoms with Gasteiger partial charge < -0.3 is 24.3 Å². The van der Waals surface area contributed by atoms with E-state index in [1.54, 1.807) is 13.8 Å². The molecule has 2 aliphatic rings. The highest BCUT2D eigenvalue weighted by Crippen LogP contribution is 2.44. The SMILES string of the molecule is CCNC(=O)[C@@]1(OCc2cccc(C)c2)CC(OCc2ccc(C(F)(F)F)cc2)[C@@H]2OC(C)(C)O[C@@H]2C1. The quantitative estimate of drug-likeness (QED) is 0.511. The molecule has 1 heterocycles. The van der Waals surface area contributed by atoms with Gasteiger partial charge in [-0.1, -0.05) is 42.0 Å². The van der Waals surface area contributed by atoms with Crippen LogP contribution in [0.3, 0.4) is 0 Å². The zero-order chi connectivity index (χ0) is 26.8. The number of amides is 1. The van der Waals surface area contributed by atoms with Crippen LogP contribution in [0.2, 0.25) is 0 Å². The Hall–Kier alpha value is -2.46. The molecule has 37 heavy (non-hydrogen) atoms. The molecule has 0 spiro atoms. The number of halogens is 3. The lowest BCUT2D eigenvalue weighted by atomic mass is 9.78. The number of carbonyl (C=O) groups excluding carboxylic acids is 1. The topological polar surface area (TPSA) is 66.0 Å². The molecule has 0 bridgehead atoms. The van der Waals surface area contributed by atoms with E-state index in [2.05, 4.69) is 5.32 Å². The lowest BCUT2D eigenvalue weighted by molar-refractivity contribution is -0.183. The highest BCUT2D eigenvalue weighted by atomic mass is 19.4. The van der Waals surface area contributed by atoms with E-state index in [0.717, 1.165) is 23.3 Å². The molecular weight excluding hydrogens is 487 g/mol. The number of ether oxygens (including phenoxy) is 4. The first-order valence-electron chi connectivity index (χ1n) is 12.5. The molecule has 0 radical (unpaired) electrons. The first-order valence-corrected chi connectivity index (χ1v) is 12.5. The van der Waals surface area contributed by atoms with Crippen molar-refractivity contribution in [2.45, 2.75) is 89.6 Å². The maximum Gasteiger partial charge on any atom is 0.416 e. The molecule has 2 aromatic carbocycles. The Kier molecular flexibility index (Phi) is 7.99. The van der Waals surface area contributed by atoms with Gasteiger partial charge >= 0.3 is 6.18 Å². The average Bonchev–Trinajstić information content (AvgIpc) is 3.15. The van der Waals surface area contributed by atoms with Crippen LogP contribution < -0.4 is 5.32 Å². The number of nitrogens with one attached hydrogen (secondary N) is 1. The molecule has 4 atom stereocenters. The maximum absolute atomic E-state index is 13.4. The van der Waals surface area contributed by atoms with E-state index in [1.807, 2.05) is 38.1 Å². The van der Waals surface area contributed by atoms with Crippen LogP contribution in [0.15, 0.2) is 48.5 Å². The summed E-state index contributed by atoms with van der Waals surface area (Å²) in [6.45, 7) is 8.16. The normalized spacial score (nSPS) is 27.1. The number of rotatable bonds is 8.